The largest absolute Gasteiger partial charge is 0.433 e. The zero-order valence-electron chi connectivity index (χ0n) is 7.42. The monoisotopic (exact) mass is 284 g/mol. The van der Waals surface area contributed by atoms with E-state index in [4.69, 9.17) is 5.11 Å². The van der Waals surface area contributed by atoms with E-state index in [1.165, 1.54) is 6.07 Å². The molecule has 84 valence electrons. The van der Waals surface area contributed by atoms with E-state index in [0.29, 0.717) is 11.0 Å². The van der Waals surface area contributed by atoms with E-state index in [9.17, 15) is 13.2 Å². The molecule has 1 aromatic rings. The second-order valence-corrected chi connectivity index (χ2v) is 3.30. The second-order valence-electron chi connectivity index (χ2n) is 2.74. The minimum absolute atomic E-state index is 0.0169. The Labute approximate surface area is 92.5 Å². The van der Waals surface area contributed by atoms with Crippen molar-refractivity contribution >= 4 is 21.7 Å². The summed E-state index contributed by atoms with van der Waals surface area (Å²) in [6.07, 6.45) is -7.30. The molecule has 7 heteroatoms. The maximum Gasteiger partial charge on any atom is 0.433 e. The molecule has 0 amide bonds. The van der Waals surface area contributed by atoms with Crippen LogP contribution in [-0.4, -0.2) is 22.5 Å². The minimum Gasteiger partial charge on any atom is -0.366 e. The molecule has 1 rings (SSSR count). The molecule has 0 aliphatic rings. The molecule has 0 fully saturated rings. The number of hydrogen-bond donors (Lipinski definition) is 2. The summed E-state index contributed by atoms with van der Waals surface area (Å²) in [7, 11) is 0. The van der Waals surface area contributed by atoms with Crippen LogP contribution in [-0.2, 0) is 5.33 Å². The first-order valence-corrected chi connectivity index (χ1v) is 5.09. The van der Waals surface area contributed by atoms with E-state index in [1.54, 1.807) is 12.1 Å². The van der Waals surface area contributed by atoms with Gasteiger partial charge in [0.1, 0.15) is 5.82 Å². The van der Waals surface area contributed by atoms with Gasteiger partial charge < -0.3 is 10.4 Å². The molecule has 0 aromatic carbocycles. The van der Waals surface area contributed by atoms with E-state index < -0.39 is 12.4 Å². The van der Waals surface area contributed by atoms with Gasteiger partial charge in [0.05, 0.1) is 5.69 Å². The summed E-state index contributed by atoms with van der Waals surface area (Å²) in [4.78, 5) is 3.83. The standard InChI is InChI=1S/C8H8BrF3N2O/c9-4-5-2-1-3-6(13-5)14-7(15)8(10,11)12/h1-3,7,15H,4H2,(H,13,14). The quantitative estimate of drug-likeness (QED) is 0.661. The number of aromatic nitrogens is 1. The van der Waals surface area contributed by atoms with Gasteiger partial charge in [-0.3, -0.25) is 0 Å². The highest BCUT2D eigenvalue weighted by molar-refractivity contribution is 9.08. The smallest absolute Gasteiger partial charge is 0.366 e. The van der Waals surface area contributed by atoms with Gasteiger partial charge in [-0.1, -0.05) is 22.0 Å². The van der Waals surface area contributed by atoms with Crippen LogP contribution in [0.25, 0.3) is 0 Å². The number of halogens is 4. The lowest BCUT2D eigenvalue weighted by Crippen LogP contribution is -2.36. The third-order valence-electron chi connectivity index (χ3n) is 1.54. The van der Waals surface area contributed by atoms with E-state index in [2.05, 4.69) is 20.9 Å². The van der Waals surface area contributed by atoms with Crippen LogP contribution < -0.4 is 5.32 Å². The molecule has 1 aromatic heterocycles. The van der Waals surface area contributed by atoms with Gasteiger partial charge in [-0.2, -0.15) is 13.2 Å². The molecule has 1 heterocycles. The highest BCUT2D eigenvalue weighted by atomic mass is 79.9. The molecule has 1 atom stereocenters. The van der Waals surface area contributed by atoms with Gasteiger partial charge in [0, 0.05) is 5.33 Å². The predicted octanol–water partition coefficient (Wildman–Crippen LogP) is 2.27. The van der Waals surface area contributed by atoms with E-state index in [1.807, 2.05) is 5.32 Å². The Morgan fingerprint density at radius 2 is 2.13 bits per heavy atom. The van der Waals surface area contributed by atoms with E-state index >= 15 is 0 Å². The molecule has 0 spiro atoms. The van der Waals surface area contributed by atoms with Gasteiger partial charge in [-0.05, 0) is 12.1 Å². The lowest BCUT2D eigenvalue weighted by Gasteiger charge is -2.16. The van der Waals surface area contributed by atoms with Gasteiger partial charge in [0.2, 0.25) is 6.23 Å². The van der Waals surface area contributed by atoms with Crippen molar-refractivity contribution in [2.45, 2.75) is 17.7 Å². The predicted molar refractivity (Wildman–Crippen MR) is 52.6 cm³/mol. The third-order valence-corrected chi connectivity index (χ3v) is 2.11. The fraction of sp³-hybridized carbons (Fsp3) is 0.375. The van der Waals surface area contributed by atoms with Crippen LogP contribution in [0.2, 0.25) is 0 Å². The molecule has 0 bridgehead atoms. The summed E-state index contributed by atoms with van der Waals surface area (Å²) in [6.45, 7) is 0. The molecular weight excluding hydrogens is 277 g/mol. The first-order valence-electron chi connectivity index (χ1n) is 3.96. The van der Waals surface area contributed by atoms with Crippen LogP contribution in [0.4, 0.5) is 19.0 Å². The Hall–Kier alpha value is -0.820. The fourth-order valence-electron chi connectivity index (χ4n) is 0.856. The number of pyridine rings is 1. The average molecular weight is 285 g/mol. The number of aliphatic hydroxyl groups is 1. The lowest BCUT2D eigenvalue weighted by atomic mass is 10.3. The molecule has 0 aliphatic heterocycles. The molecule has 2 N–H and O–H groups in total. The molecule has 15 heavy (non-hydrogen) atoms. The first-order chi connectivity index (χ1) is 6.93. The van der Waals surface area contributed by atoms with Crippen molar-refractivity contribution in [2.75, 3.05) is 5.32 Å². The Morgan fingerprint density at radius 3 is 2.67 bits per heavy atom. The van der Waals surface area contributed by atoms with Crippen LogP contribution in [0.15, 0.2) is 18.2 Å². The number of rotatable bonds is 3. The molecule has 0 radical (unpaired) electrons. The number of anilines is 1. The van der Waals surface area contributed by atoms with Gasteiger partial charge in [-0.15, -0.1) is 0 Å². The van der Waals surface area contributed by atoms with Crippen LogP contribution in [0.1, 0.15) is 5.69 Å². The summed E-state index contributed by atoms with van der Waals surface area (Å²) in [5, 5.41) is 11.0. The van der Waals surface area contributed by atoms with E-state index in [0.717, 1.165) is 0 Å². The Bertz CT molecular complexity index is 332. The number of nitrogens with zero attached hydrogens (tertiary/aromatic N) is 1. The summed E-state index contributed by atoms with van der Waals surface area (Å²) in [5.41, 5.74) is 0.578. The second kappa shape index (κ2) is 4.80. The van der Waals surface area contributed by atoms with Gasteiger partial charge in [-0.25, -0.2) is 4.98 Å². The van der Waals surface area contributed by atoms with Crippen molar-refractivity contribution < 1.29 is 18.3 Å². The Morgan fingerprint density at radius 1 is 1.47 bits per heavy atom. The van der Waals surface area contributed by atoms with Gasteiger partial charge in [0.25, 0.3) is 0 Å². The maximum atomic E-state index is 12.0. The fourth-order valence-corrected chi connectivity index (χ4v) is 1.17. The lowest BCUT2D eigenvalue weighted by molar-refractivity contribution is -0.194. The zero-order chi connectivity index (χ0) is 11.5. The molecule has 0 saturated carbocycles. The molecule has 0 saturated heterocycles. The summed E-state index contributed by atoms with van der Waals surface area (Å²) >= 11 is 3.12. The number of aliphatic hydroxyl groups excluding tert-OH is 1. The molecule has 1 unspecified atom stereocenters. The van der Waals surface area contributed by atoms with Crippen molar-refractivity contribution in [3.63, 3.8) is 0 Å². The van der Waals surface area contributed by atoms with E-state index in [-0.39, 0.29) is 5.82 Å². The van der Waals surface area contributed by atoms with Crippen LogP contribution >= 0.6 is 15.9 Å². The number of nitrogens with one attached hydrogen (secondary N) is 1. The van der Waals surface area contributed by atoms with Crippen molar-refractivity contribution in [3.8, 4) is 0 Å². The summed E-state index contributed by atoms with van der Waals surface area (Å²) in [5.74, 6) is -0.0169. The van der Waals surface area contributed by atoms with Crippen molar-refractivity contribution in [3.05, 3.63) is 23.9 Å². The van der Waals surface area contributed by atoms with Crippen molar-refractivity contribution in [2.24, 2.45) is 0 Å². The number of alkyl halides is 4. The molecular formula is C8H8BrF3N2O. The third kappa shape index (κ3) is 3.67. The average Bonchev–Trinajstić information content (AvgIpc) is 2.16. The highest BCUT2D eigenvalue weighted by Crippen LogP contribution is 2.21. The topological polar surface area (TPSA) is 45.1 Å². The Kier molecular flexibility index (Phi) is 3.92. The van der Waals surface area contributed by atoms with Crippen molar-refractivity contribution in [1.29, 1.82) is 0 Å². The maximum absolute atomic E-state index is 12.0. The highest BCUT2D eigenvalue weighted by Gasteiger charge is 2.38. The summed E-state index contributed by atoms with van der Waals surface area (Å²) < 4.78 is 35.9. The van der Waals surface area contributed by atoms with Crippen LogP contribution in [0.5, 0.6) is 0 Å². The van der Waals surface area contributed by atoms with Gasteiger partial charge >= 0.3 is 6.18 Å². The van der Waals surface area contributed by atoms with Gasteiger partial charge in [0.15, 0.2) is 0 Å². The minimum atomic E-state index is -4.70. The van der Waals surface area contributed by atoms with Crippen LogP contribution in [0.3, 0.4) is 0 Å². The van der Waals surface area contributed by atoms with Crippen LogP contribution in [0, 0.1) is 0 Å². The normalized spacial score (nSPS) is 13.7. The number of hydrogen-bond acceptors (Lipinski definition) is 3. The van der Waals surface area contributed by atoms with Crippen molar-refractivity contribution in [1.82, 2.24) is 4.98 Å². The Balaban J connectivity index is 2.72. The molecule has 3 nitrogen and oxygen atoms in total. The zero-order valence-corrected chi connectivity index (χ0v) is 9.01. The SMILES string of the molecule is OC(Nc1cccc(CBr)n1)C(F)(F)F. The molecule has 0 aliphatic carbocycles. The first kappa shape index (κ1) is 12.3. The summed E-state index contributed by atoms with van der Waals surface area (Å²) in [6, 6.07) is 4.55.